The molecular weight excluding hydrogens is 326 g/mol. The summed E-state index contributed by atoms with van der Waals surface area (Å²) in [5, 5.41) is 11.8. The second-order valence-corrected chi connectivity index (χ2v) is 6.70. The Balaban J connectivity index is 1.54. The number of aryl methyl sites for hydroxylation is 1. The molecule has 0 amide bonds. The fraction of sp³-hybridized carbons (Fsp3) is 0.316. The van der Waals surface area contributed by atoms with E-state index in [1.54, 1.807) is 6.08 Å². The molecule has 0 aliphatic carbocycles. The molecule has 4 N–H and O–H groups in total. The summed E-state index contributed by atoms with van der Waals surface area (Å²) in [5.74, 6) is 1.52. The van der Waals surface area contributed by atoms with Crippen molar-refractivity contribution >= 4 is 34.2 Å². The van der Waals surface area contributed by atoms with Crippen LogP contribution in [0.1, 0.15) is 24.4 Å². The van der Waals surface area contributed by atoms with Crippen molar-refractivity contribution in [1.82, 2.24) is 20.2 Å². The van der Waals surface area contributed by atoms with Gasteiger partial charge < -0.3 is 16.0 Å². The Hall–Kier alpha value is -3.09. The van der Waals surface area contributed by atoms with E-state index < -0.39 is 0 Å². The topological polar surface area (TPSA) is 95.8 Å². The van der Waals surface area contributed by atoms with Gasteiger partial charge in [-0.05, 0) is 44.0 Å². The molecule has 1 aliphatic heterocycles. The molecule has 1 unspecified atom stereocenters. The van der Waals surface area contributed by atoms with Crippen molar-refractivity contribution in [3.05, 3.63) is 42.5 Å². The van der Waals surface area contributed by atoms with Gasteiger partial charge in [0.1, 0.15) is 11.5 Å². The molecule has 7 heteroatoms. The molecule has 0 bridgehead atoms. The van der Waals surface area contributed by atoms with Gasteiger partial charge in [-0.1, -0.05) is 6.58 Å². The molecular formula is C19H23N7. The van der Waals surface area contributed by atoms with Crippen molar-refractivity contribution in [2.45, 2.75) is 25.8 Å². The maximum atomic E-state index is 6.27. The van der Waals surface area contributed by atoms with Gasteiger partial charge in [-0.25, -0.2) is 9.97 Å². The zero-order chi connectivity index (χ0) is 18.1. The molecule has 1 atom stereocenters. The maximum Gasteiger partial charge on any atom is 0.156 e. The molecule has 4 rings (SSSR count). The predicted molar refractivity (Wildman–Crippen MR) is 106 cm³/mol. The van der Waals surface area contributed by atoms with E-state index in [-0.39, 0.29) is 0 Å². The number of anilines is 3. The molecule has 1 aromatic carbocycles. The van der Waals surface area contributed by atoms with Gasteiger partial charge in [0.2, 0.25) is 0 Å². The second-order valence-electron chi connectivity index (χ2n) is 6.70. The Bertz CT molecular complexity index is 946. The van der Waals surface area contributed by atoms with Crippen LogP contribution in [-0.2, 0) is 0 Å². The summed E-state index contributed by atoms with van der Waals surface area (Å²) >= 11 is 0. The van der Waals surface area contributed by atoms with Gasteiger partial charge >= 0.3 is 0 Å². The summed E-state index contributed by atoms with van der Waals surface area (Å²) in [7, 11) is 0. The molecule has 0 saturated carbocycles. The largest absolute Gasteiger partial charge is 0.394 e. The van der Waals surface area contributed by atoms with Crippen LogP contribution in [0.25, 0.3) is 17.0 Å². The van der Waals surface area contributed by atoms with E-state index in [0.29, 0.717) is 23.2 Å². The van der Waals surface area contributed by atoms with Gasteiger partial charge in [0.15, 0.2) is 5.82 Å². The number of hydrogen-bond acceptors (Lipinski definition) is 6. The van der Waals surface area contributed by atoms with Crippen LogP contribution in [0.4, 0.5) is 17.2 Å². The number of H-pyrrole nitrogens is 1. The highest BCUT2D eigenvalue weighted by Gasteiger charge is 2.23. The first-order valence-electron chi connectivity index (χ1n) is 8.85. The highest BCUT2D eigenvalue weighted by Crippen LogP contribution is 2.28. The molecule has 0 spiro atoms. The number of nitrogens with zero attached hydrogens (tertiary/aromatic N) is 4. The first kappa shape index (κ1) is 16.4. The van der Waals surface area contributed by atoms with Crippen LogP contribution in [0.5, 0.6) is 0 Å². The number of nitrogen functional groups attached to an aromatic ring is 1. The average Bonchev–Trinajstić information content (AvgIpc) is 3.11. The first-order chi connectivity index (χ1) is 12.6. The van der Waals surface area contributed by atoms with Gasteiger partial charge in [-0.3, -0.25) is 5.10 Å². The second kappa shape index (κ2) is 6.67. The van der Waals surface area contributed by atoms with Crippen molar-refractivity contribution in [3.8, 4) is 0 Å². The molecule has 2 aromatic heterocycles. The summed E-state index contributed by atoms with van der Waals surface area (Å²) in [4.78, 5) is 11.2. The quantitative estimate of drug-likeness (QED) is 0.670. The smallest absolute Gasteiger partial charge is 0.156 e. The molecule has 1 aliphatic rings. The van der Waals surface area contributed by atoms with Crippen molar-refractivity contribution in [2.75, 3.05) is 29.0 Å². The van der Waals surface area contributed by atoms with Gasteiger partial charge in [0.25, 0.3) is 0 Å². The Labute approximate surface area is 152 Å². The van der Waals surface area contributed by atoms with Crippen LogP contribution in [0.15, 0.2) is 31.0 Å². The SMILES string of the molecule is C=Cc1nc(C)nc(N2CCCC(Nc3ccc4[nH]ncc4c3)C2)c1N. The van der Waals surface area contributed by atoms with Crippen LogP contribution in [0.3, 0.4) is 0 Å². The normalized spacial score (nSPS) is 17.4. The third-order valence-corrected chi connectivity index (χ3v) is 4.79. The van der Waals surface area contributed by atoms with Gasteiger partial charge in [0, 0.05) is 30.2 Å². The lowest BCUT2D eigenvalue weighted by molar-refractivity contribution is 0.526. The van der Waals surface area contributed by atoms with Crippen LogP contribution in [0.2, 0.25) is 0 Å². The number of aromatic amines is 1. The zero-order valence-corrected chi connectivity index (χ0v) is 14.9. The minimum atomic E-state index is 0.329. The maximum absolute atomic E-state index is 6.27. The average molecular weight is 349 g/mol. The predicted octanol–water partition coefficient (Wildman–Crippen LogP) is 2.97. The number of nitrogens with two attached hydrogens (primary N) is 1. The van der Waals surface area contributed by atoms with Crippen molar-refractivity contribution in [1.29, 1.82) is 0 Å². The van der Waals surface area contributed by atoms with Crippen molar-refractivity contribution in [2.24, 2.45) is 0 Å². The van der Waals surface area contributed by atoms with E-state index in [1.807, 2.05) is 19.2 Å². The van der Waals surface area contributed by atoms with E-state index >= 15 is 0 Å². The van der Waals surface area contributed by atoms with E-state index in [9.17, 15) is 0 Å². The van der Waals surface area contributed by atoms with Crippen LogP contribution >= 0.6 is 0 Å². The minimum Gasteiger partial charge on any atom is -0.394 e. The van der Waals surface area contributed by atoms with Crippen molar-refractivity contribution in [3.63, 3.8) is 0 Å². The molecule has 3 heterocycles. The number of fused-ring (bicyclic) bond motifs is 1. The Morgan fingerprint density at radius 1 is 1.38 bits per heavy atom. The number of benzene rings is 1. The molecule has 1 fully saturated rings. The van der Waals surface area contributed by atoms with E-state index in [2.05, 4.69) is 49.1 Å². The Kier molecular flexibility index (Phi) is 4.20. The molecule has 3 aromatic rings. The highest BCUT2D eigenvalue weighted by atomic mass is 15.2. The highest BCUT2D eigenvalue weighted by molar-refractivity contribution is 5.81. The number of rotatable bonds is 4. The number of piperidine rings is 1. The summed E-state index contributed by atoms with van der Waals surface area (Å²) in [6.07, 6.45) is 5.72. The lowest BCUT2D eigenvalue weighted by atomic mass is 10.0. The lowest BCUT2D eigenvalue weighted by Crippen LogP contribution is -2.43. The lowest BCUT2D eigenvalue weighted by Gasteiger charge is -2.35. The summed E-state index contributed by atoms with van der Waals surface area (Å²) in [6.45, 7) is 7.47. The van der Waals surface area contributed by atoms with E-state index in [0.717, 1.165) is 48.3 Å². The standard InChI is InChI=1S/C19H23N7/c1-3-16-18(20)19(23-12(2)22-16)26-8-4-5-15(11-26)24-14-6-7-17-13(9-14)10-21-25-17/h3,6-7,9-10,15,24H,1,4-5,8,11,20H2,2H3,(H,21,25). The molecule has 1 saturated heterocycles. The molecule has 26 heavy (non-hydrogen) atoms. The Morgan fingerprint density at radius 2 is 2.27 bits per heavy atom. The Morgan fingerprint density at radius 3 is 3.12 bits per heavy atom. The van der Waals surface area contributed by atoms with Gasteiger partial charge in [-0.2, -0.15) is 5.10 Å². The fourth-order valence-electron chi connectivity index (χ4n) is 3.54. The number of nitrogens with one attached hydrogen (secondary N) is 2. The molecule has 0 radical (unpaired) electrons. The third-order valence-electron chi connectivity index (χ3n) is 4.79. The van der Waals surface area contributed by atoms with Crippen LogP contribution < -0.4 is 16.0 Å². The van der Waals surface area contributed by atoms with E-state index in [4.69, 9.17) is 5.73 Å². The number of hydrogen-bond donors (Lipinski definition) is 3. The van der Waals surface area contributed by atoms with Gasteiger partial charge in [0.05, 0.1) is 17.4 Å². The van der Waals surface area contributed by atoms with E-state index in [1.165, 1.54) is 0 Å². The summed E-state index contributed by atoms with van der Waals surface area (Å²) in [5.41, 5.74) is 9.72. The first-order valence-corrected chi connectivity index (χ1v) is 8.85. The fourth-order valence-corrected chi connectivity index (χ4v) is 3.54. The van der Waals surface area contributed by atoms with Crippen molar-refractivity contribution < 1.29 is 0 Å². The van der Waals surface area contributed by atoms with Crippen LogP contribution in [-0.4, -0.2) is 39.3 Å². The summed E-state index contributed by atoms with van der Waals surface area (Å²) < 4.78 is 0. The van der Waals surface area contributed by atoms with Gasteiger partial charge in [-0.15, -0.1) is 0 Å². The number of aromatic nitrogens is 4. The monoisotopic (exact) mass is 349 g/mol. The molecule has 134 valence electrons. The van der Waals surface area contributed by atoms with Crippen LogP contribution in [0, 0.1) is 6.92 Å². The molecule has 7 nitrogen and oxygen atoms in total. The third kappa shape index (κ3) is 3.08. The zero-order valence-electron chi connectivity index (χ0n) is 14.9. The minimum absolute atomic E-state index is 0.329. The summed E-state index contributed by atoms with van der Waals surface area (Å²) in [6, 6.07) is 6.58.